The molecule has 0 spiro atoms. The Morgan fingerprint density at radius 1 is 0.520 bits per heavy atom. The lowest BCUT2D eigenvalue weighted by atomic mass is 9.93. The van der Waals surface area contributed by atoms with Crippen LogP contribution in [0.25, 0.3) is 66.6 Å². The fourth-order valence-electron chi connectivity index (χ4n) is 8.11. The molecule has 5 aromatic rings. The Morgan fingerprint density at radius 2 is 0.900 bits per heavy atom. The average molecular weight is 789 g/mol. The zero-order valence-electron chi connectivity index (χ0n) is 30.3. The van der Waals surface area contributed by atoms with E-state index in [2.05, 4.69) is 158 Å². The molecule has 0 amide bonds. The molecule has 254 valence electrons. The largest absolute Gasteiger partial charge is 0.354 e. The number of allylic oxidation sites excluding steroid dienone is 4. The molecule has 50 heavy (non-hydrogen) atoms. The highest BCUT2D eigenvalue weighted by atomic mass is 79.9. The van der Waals surface area contributed by atoms with E-state index < -0.39 is 0 Å². The molecule has 3 aromatic heterocycles. The molecule has 0 unspecified atom stereocenters. The van der Waals surface area contributed by atoms with Gasteiger partial charge in [0.1, 0.15) is 0 Å². The lowest BCUT2D eigenvalue weighted by molar-refractivity contribution is 1.14. The average Bonchev–Trinajstić information content (AvgIpc) is 3.79. The monoisotopic (exact) mass is 786 g/mol. The van der Waals surface area contributed by atoms with Gasteiger partial charge in [0.25, 0.3) is 0 Å². The number of hydrogen-bond acceptors (Lipinski definition) is 2. The van der Waals surface area contributed by atoms with E-state index >= 15 is 0 Å². The second-order valence-corrected chi connectivity index (χ2v) is 15.2. The maximum absolute atomic E-state index is 5.51. The third-order valence-corrected chi connectivity index (χ3v) is 11.8. The van der Waals surface area contributed by atoms with Crippen molar-refractivity contribution in [3.8, 4) is 22.3 Å². The summed E-state index contributed by atoms with van der Waals surface area (Å²) in [5, 5.41) is 0. The van der Waals surface area contributed by atoms with Crippen LogP contribution >= 0.6 is 31.9 Å². The predicted molar refractivity (Wildman–Crippen MR) is 221 cm³/mol. The first-order valence-electron chi connectivity index (χ1n) is 17.8. The van der Waals surface area contributed by atoms with Crippen LogP contribution in [0.15, 0.2) is 69.6 Å². The normalized spacial score (nSPS) is 13.2. The molecule has 2 aliphatic rings. The highest BCUT2D eigenvalue weighted by Gasteiger charge is 2.26. The van der Waals surface area contributed by atoms with Crippen molar-refractivity contribution in [2.45, 2.75) is 81.1 Å². The number of aryl methyl sites for hydroxylation is 4. The van der Waals surface area contributed by atoms with E-state index in [1.165, 1.54) is 50.1 Å². The van der Waals surface area contributed by atoms with Gasteiger partial charge < -0.3 is 9.97 Å². The van der Waals surface area contributed by atoms with E-state index in [9.17, 15) is 0 Å². The summed E-state index contributed by atoms with van der Waals surface area (Å²) in [6.45, 7) is 18.0. The Morgan fingerprint density at radius 3 is 1.26 bits per heavy atom. The van der Waals surface area contributed by atoms with Gasteiger partial charge in [-0.3, -0.25) is 0 Å². The van der Waals surface area contributed by atoms with Gasteiger partial charge in [-0.05, 0) is 145 Å². The number of aromatic nitrogens is 4. The number of halogens is 2. The first-order valence-corrected chi connectivity index (χ1v) is 19.4. The lowest BCUT2D eigenvalue weighted by Gasteiger charge is -2.10. The second-order valence-electron chi connectivity index (χ2n) is 13.4. The van der Waals surface area contributed by atoms with Crippen LogP contribution in [-0.2, 0) is 12.8 Å². The topological polar surface area (TPSA) is 57.4 Å². The molecule has 4 nitrogen and oxygen atoms in total. The van der Waals surface area contributed by atoms with Gasteiger partial charge in [0, 0.05) is 31.1 Å². The number of nitrogens with zero attached hydrogens (tertiary/aromatic N) is 2. The van der Waals surface area contributed by atoms with Gasteiger partial charge in [-0.25, -0.2) is 9.97 Å². The van der Waals surface area contributed by atoms with Crippen molar-refractivity contribution in [1.82, 2.24) is 19.9 Å². The molecule has 2 N–H and O–H groups in total. The summed E-state index contributed by atoms with van der Waals surface area (Å²) < 4.78 is 2.11. The number of rotatable bonds is 6. The molecule has 2 aromatic carbocycles. The van der Waals surface area contributed by atoms with Crippen LogP contribution < -0.4 is 0 Å². The van der Waals surface area contributed by atoms with E-state index in [0.717, 1.165) is 96.2 Å². The van der Waals surface area contributed by atoms with Crippen molar-refractivity contribution in [3.05, 3.63) is 115 Å². The minimum atomic E-state index is 0.888. The van der Waals surface area contributed by atoms with E-state index in [1.807, 2.05) is 0 Å². The molecule has 0 fully saturated rings. The Kier molecular flexibility index (Phi) is 9.38. The van der Waals surface area contributed by atoms with Gasteiger partial charge in [-0.2, -0.15) is 0 Å². The van der Waals surface area contributed by atoms with Crippen LogP contribution in [0.1, 0.15) is 99.4 Å². The van der Waals surface area contributed by atoms with E-state index in [0.29, 0.717) is 0 Å². The quantitative estimate of drug-likeness (QED) is 0.180. The SMILES string of the molecule is CCC1=C(C)c2nc1cc1[nH]c(c(C)c1CC)c(-c1ccc(Br)cc1)c1[nH]c(cc3nc(c2-c2ccc(Br)cc2)C(C)=C3CC)c(CC)c1C. The molecule has 2 aliphatic heterocycles. The standard InChI is InChI=1S/C44H44Br2N4/c1-9-31-23(5)41-39(27-13-17-29(45)18-14-27)42-25(7)33(11-3)37(49-42)22-38-34(12-4)26(8)44(50-38)40(28-15-19-30(46)20-16-28)43-24(6)32(10-2)36(48-43)21-35(31)47-41/h13-22,47,49H,9-12H2,1-8H3. The summed E-state index contributed by atoms with van der Waals surface area (Å²) >= 11 is 7.34. The molecular formula is C44H44Br2N4. The highest BCUT2D eigenvalue weighted by Crippen LogP contribution is 2.44. The molecule has 0 aliphatic carbocycles. The maximum Gasteiger partial charge on any atom is 0.0769 e. The van der Waals surface area contributed by atoms with Gasteiger partial charge in [0.05, 0.1) is 33.8 Å². The molecule has 0 saturated carbocycles. The minimum absolute atomic E-state index is 0.888. The molecule has 7 rings (SSSR count). The Bertz CT molecular complexity index is 2280. The summed E-state index contributed by atoms with van der Waals surface area (Å²) in [5.74, 6) is 0. The number of benzene rings is 2. The van der Waals surface area contributed by atoms with Crippen molar-refractivity contribution < 1.29 is 0 Å². The Hall–Kier alpha value is -4.00. The van der Waals surface area contributed by atoms with Crippen LogP contribution in [0.4, 0.5) is 0 Å². The van der Waals surface area contributed by atoms with E-state index in [4.69, 9.17) is 9.97 Å². The minimum Gasteiger partial charge on any atom is -0.354 e. The number of hydrogen-bond donors (Lipinski definition) is 2. The molecule has 0 atom stereocenters. The number of aromatic amines is 2. The van der Waals surface area contributed by atoms with Gasteiger partial charge in [0.2, 0.25) is 0 Å². The molecule has 8 bridgehead atoms. The Labute approximate surface area is 312 Å². The van der Waals surface area contributed by atoms with Crippen LogP contribution in [0.2, 0.25) is 0 Å². The second kappa shape index (κ2) is 13.6. The summed E-state index contributed by atoms with van der Waals surface area (Å²) in [4.78, 5) is 18.9. The summed E-state index contributed by atoms with van der Waals surface area (Å²) in [7, 11) is 0. The van der Waals surface area contributed by atoms with Crippen LogP contribution in [0, 0.1) is 13.8 Å². The molecule has 6 heteroatoms. The first-order chi connectivity index (χ1) is 24.1. The first kappa shape index (κ1) is 34.4. The molecule has 0 saturated heterocycles. The van der Waals surface area contributed by atoms with Crippen molar-refractivity contribution in [2.24, 2.45) is 0 Å². The van der Waals surface area contributed by atoms with Crippen molar-refractivity contribution in [2.75, 3.05) is 0 Å². The van der Waals surface area contributed by atoms with Gasteiger partial charge in [-0.1, -0.05) is 83.8 Å². The van der Waals surface area contributed by atoms with Gasteiger partial charge in [-0.15, -0.1) is 0 Å². The molecule has 0 radical (unpaired) electrons. The van der Waals surface area contributed by atoms with Crippen LogP contribution in [0.5, 0.6) is 0 Å². The summed E-state index contributed by atoms with van der Waals surface area (Å²) in [6.07, 6.45) is 3.60. The third kappa shape index (κ3) is 5.65. The number of nitrogens with one attached hydrogen (secondary N) is 2. The third-order valence-electron chi connectivity index (χ3n) is 10.7. The maximum atomic E-state index is 5.51. The Balaban J connectivity index is 1.77. The van der Waals surface area contributed by atoms with Crippen molar-refractivity contribution in [1.29, 1.82) is 0 Å². The van der Waals surface area contributed by atoms with Gasteiger partial charge in [0.15, 0.2) is 0 Å². The van der Waals surface area contributed by atoms with Crippen molar-refractivity contribution >= 4 is 76.2 Å². The van der Waals surface area contributed by atoms with E-state index in [-0.39, 0.29) is 0 Å². The van der Waals surface area contributed by atoms with Crippen molar-refractivity contribution in [3.63, 3.8) is 0 Å². The van der Waals surface area contributed by atoms with Gasteiger partial charge >= 0.3 is 0 Å². The fourth-order valence-corrected chi connectivity index (χ4v) is 8.64. The van der Waals surface area contributed by atoms with Crippen LogP contribution in [-0.4, -0.2) is 19.9 Å². The molecular weight excluding hydrogens is 744 g/mol. The number of H-pyrrole nitrogens is 2. The summed E-state index contributed by atoms with van der Waals surface area (Å²) in [5.41, 5.74) is 23.3. The van der Waals surface area contributed by atoms with E-state index in [1.54, 1.807) is 0 Å². The number of fused-ring (bicyclic) bond motifs is 8. The zero-order chi connectivity index (χ0) is 35.4. The lowest BCUT2D eigenvalue weighted by Crippen LogP contribution is -1.93. The predicted octanol–water partition coefficient (Wildman–Crippen LogP) is 13.6. The smallest absolute Gasteiger partial charge is 0.0769 e. The highest BCUT2D eigenvalue weighted by molar-refractivity contribution is 9.10. The van der Waals surface area contributed by atoms with Crippen LogP contribution in [0.3, 0.4) is 0 Å². The fraction of sp³-hybridized carbons (Fsp3) is 0.273. The summed E-state index contributed by atoms with van der Waals surface area (Å²) in [6, 6.07) is 21.9. The molecule has 5 heterocycles. The zero-order valence-corrected chi connectivity index (χ0v) is 33.4.